The molecule has 9 heteroatoms. The largest absolute Gasteiger partial charge is 0.382 e. The van der Waals surface area contributed by atoms with Crippen LogP contribution in [0.5, 0.6) is 0 Å². The summed E-state index contributed by atoms with van der Waals surface area (Å²) in [6, 6.07) is 13.5. The molecule has 4 rings (SSSR count). The van der Waals surface area contributed by atoms with E-state index >= 15 is 0 Å². The number of nitrogens with one attached hydrogen (secondary N) is 1. The van der Waals surface area contributed by atoms with Crippen LogP contribution in [0.25, 0.3) is 21.1 Å². The number of nitrogen functional groups attached to an aromatic ring is 1. The molecule has 32 heavy (non-hydrogen) atoms. The maximum atomic E-state index is 13.1. The first-order chi connectivity index (χ1) is 15.5. The average Bonchev–Trinajstić information content (AvgIpc) is 3.44. The number of thiazole rings is 2. The minimum absolute atomic E-state index is 0.278. The summed E-state index contributed by atoms with van der Waals surface area (Å²) >= 11 is 2.87. The molecule has 0 aliphatic carbocycles. The van der Waals surface area contributed by atoms with Crippen molar-refractivity contribution >= 4 is 50.1 Å². The average molecular weight is 491 g/mol. The molecule has 0 bridgehead atoms. The van der Waals surface area contributed by atoms with Crippen LogP contribution in [0.2, 0.25) is 0 Å². The van der Waals surface area contributed by atoms with Gasteiger partial charge in [0, 0.05) is 38.6 Å². The van der Waals surface area contributed by atoms with Crippen molar-refractivity contribution in [2.24, 2.45) is 0 Å². The van der Waals surface area contributed by atoms with E-state index < -0.39 is 10.8 Å². The fourth-order valence-corrected chi connectivity index (χ4v) is 4.88. The minimum Gasteiger partial charge on any atom is -0.382 e. The van der Waals surface area contributed by atoms with Crippen LogP contribution in [0, 0.1) is 5.82 Å². The number of hydrogen-bond donors (Lipinski definition) is 2. The molecule has 2 aromatic carbocycles. The number of nitrogens with zero attached hydrogens (tertiary/aromatic N) is 2. The molecule has 0 amide bonds. The molecule has 2 aromatic heterocycles. The predicted molar refractivity (Wildman–Crippen MR) is 138 cm³/mol. The first kappa shape index (κ1) is 25.6. The maximum Gasteiger partial charge on any atom is 0.189 e. The zero-order chi connectivity index (χ0) is 23.7. The highest BCUT2D eigenvalue weighted by Gasteiger charge is 2.15. The van der Waals surface area contributed by atoms with E-state index in [4.69, 9.17) is 5.73 Å². The van der Waals surface area contributed by atoms with Crippen molar-refractivity contribution in [3.8, 4) is 21.1 Å². The first-order valence-corrected chi connectivity index (χ1v) is 13.4. The summed E-state index contributed by atoms with van der Waals surface area (Å²) in [6.07, 6.45) is 1.64. The van der Waals surface area contributed by atoms with Crippen molar-refractivity contribution in [1.82, 2.24) is 9.97 Å². The van der Waals surface area contributed by atoms with Crippen LogP contribution in [-0.4, -0.2) is 20.4 Å². The van der Waals surface area contributed by atoms with Gasteiger partial charge in [-0.3, -0.25) is 4.21 Å². The van der Waals surface area contributed by atoms with Crippen molar-refractivity contribution in [2.45, 2.75) is 32.6 Å². The third kappa shape index (κ3) is 6.44. The van der Waals surface area contributed by atoms with E-state index in [9.17, 15) is 8.60 Å². The molecule has 170 valence electrons. The van der Waals surface area contributed by atoms with Gasteiger partial charge >= 0.3 is 0 Å². The van der Waals surface area contributed by atoms with E-state index in [1.165, 1.54) is 34.8 Å². The van der Waals surface area contributed by atoms with Crippen LogP contribution in [0.1, 0.15) is 27.7 Å². The van der Waals surface area contributed by atoms with Gasteiger partial charge in [-0.15, -0.1) is 11.3 Å². The van der Waals surface area contributed by atoms with Gasteiger partial charge in [-0.1, -0.05) is 39.0 Å². The van der Waals surface area contributed by atoms with E-state index in [0.29, 0.717) is 10.9 Å². The molecule has 0 aliphatic heterocycles. The Balaban J connectivity index is 0.000000860. The van der Waals surface area contributed by atoms with Gasteiger partial charge in [0.15, 0.2) is 5.13 Å². The first-order valence-electron chi connectivity index (χ1n) is 10.2. The number of anilines is 3. The molecule has 5 nitrogen and oxygen atoms in total. The summed E-state index contributed by atoms with van der Waals surface area (Å²) in [4.78, 5) is 10.5. The summed E-state index contributed by atoms with van der Waals surface area (Å²) in [6.45, 7) is 8.00. The lowest BCUT2D eigenvalue weighted by molar-refractivity contribution is 0.628. The standard InChI is InChI=1S/C19H15FN4OS3.2C2H6/c1-28(25)14-8-6-13(7-9-14)22-19-24-17(21)16(27-19)18-23-15(10-26-18)11-2-4-12(20)5-3-11;2*1-2/h2-10H,21H2,1H3,(H,22,24);2*1-2H3. The lowest BCUT2D eigenvalue weighted by atomic mass is 10.2. The predicted octanol–water partition coefficient (Wildman–Crippen LogP) is 7.19. The number of aromatic nitrogens is 2. The fourth-order valence-electron chi connectivity index (χ4n) is 2.52. The van der Waals surface area contributed by atoms with Gasteiger partial charge in [-0.2, -0.15) is 0 Å². The number of rotatable bonds is 5. The second kappa shape index (κ2) is 12.4. The molecule has 2 heterocycles. The summed E-state index contributed by atoms with van der Waals surface area (Å²) < 4.78 is 24.6. The highest BCUT2D eigenvalue weighted by Crippen LogP contribution is 2.39. The molecule has 3 N–H and O–H groups in total. The molecule has 0 radical (unpaired) electrons. The zero-order valence-electron chi connectivity index (χ0n) is 18.7. The van der Waals surface area contributed by atoms with E-state index in [-0.39, 0.29) is 5.82 Å². The van der Waals surface area contributed by atoms with Gasteiger partial charge in [0.2, 0.25) is 0 Å². The second-order valence-electron chi connectivity index (χ2n) is 5.88. The van der Waals surface area contributed by atoms with Gasteiger partial charge in [0.1, 0.15) is 21.5 Å². The Morgan fingerprint density at radius 2 is 1.59 bits per heavy atom. The molecule has 4 aromatic rings. The van der Waals surface area contributed by atoms with E-state index in [1.54, 1.807) is 18.4 Å². The highest BCUT2D eigenvalue weighted by molar-refractivity contribution is 7.84. The van der Waals surface area contributed by atoms with Crippen molar-refractivity contribution in [2.75, 3.05) is 17.3 Å². The summed E-state index contributed by atoms with van der Waals surface area (Å²) in [7, 11) is -1.01. The number of nitrogens with two attached hydrogens (primary N) is 1. The van der Waals surface area contributed by atoms with Gasteiger partial charge in [-0.25, -0.2) is 14.4 Å². The Labute approximate surface area is 199 Å². The molecule has 0 saturated carbocycles. The van der Waals surface area contributed by atoms with Crippen LogP contribution >= 0.6 is 22.7 Å². The van der Waals surface area contributed by atoms with Crippen LogP contribution in [0.15, 0.2) is 58.8 Å². The molecule has 0 fully saturated rings. The minimum atomic E-state index is -1.01. The second-order valence-corrected chi connectivity index (χ2v) is 9.12. The van der Waals surface area contributed by atoms with Gasteiger partial charge in [-0.05, 0) is 48.5 Å². The summed E-state index contributed by atoms with van der Waals surface area (Å²) in [5.74, 6) is 0.124. The van der Waals surface area contributed by atoms with Crippen LogP contribution in [-0.2, 0) is 10.8 Å². The van der Waals surface area contributed by atoms with Crippen molar-refractivity contribution in [3.63, 3.8) is 0 Å². The van der Waals surface area contributed by atoms with E-state index in [0.717, 1.165) is 31.7 Å². The third-order valence-corrected chi connectivity index (χ3v) is 6.85. The van der Waals surface area contributed by atoms with Gasteiger partial charge < -0.3 is 11.1 Å². The molecule has 0 spiro atoms. The Morgan fingerprint density at radius 3 is 2.19 bits per heavy atom. The SMILES string of the molecule is CC.CC.CS(=O)c1ccc(Nc2nc(N)c(-c3nc(-c4ccc(F)cc4)cs3)s2)cc1. The molecular formula is C23H27FN4OS3. The number of halogens is 1. The quantitative estimate of drug-likeness (QED) is 0.309. The van der Waals surface area contributed by atoms with Crippen molar-refractivity contribution in [3.05, 3.63) is 59.7 Å². The van der Waals surface area contributed by atoms with Gasteiger partial charge in [0.05, 0.1) is 5.69 Å². The number of hydrogen-bond acceptors (Lipinski definition) is 7. The third-order valence-electron chi connectivity index (χ3n) is 3.93. The fraction of sp³-hybridized carbons (Fsp3) is 0.217. The molecule has 1 unspecified atom stereocenters. The lowest BCUT2D eigenvalue weighted by Gasteiger charge is -2.03. The van der Waals surface area contributed by atoms with E-state index in [2.05, 4.69) is 15.3 Å². The van der Waals surface area contributed by atoms with Gasteiger partial charge in [0.25, 0.3) is 0 Å². The van der Waals surface area contributed by atoms with Crippen LogP contribution in [0.3, 0.4) is 0 Å². The maximum absolute atomic E-state index is 13.1. The van der Waals surface area contributed by atoms with Crippen molar-refractivity contribution < 1.29 is 8.60 Å². The monoisotopic (exact) mass is 490 g/mol. The topological polar surface area (TPSA) is 80.9 Å². The zero-order valence-corrected chi connectivity index (χ0v) is 21.1. The molecule has 0 saturated heterocycles. The van der Waals surface area contributed by atoms with Crippen LogP contribution < -0.4 is 11.1 Å². The normalized spacial score (nSPS) is 10.9. The molecule has 0 aliphatic rings. The summed E-state index contributed by atoms with van der Waals surface area (Å²) in [5.41, 5.74) is 8.54. The van der Waals surface area contributed by atoms with E-state index in [1.807, 2.05) is 57.3 Å². The molecule has 1 atom stereocenters. The Morgan fingerprint density at radius 1 is 0.969 bits per heavy atom. The summed E-state index contributed by atoms with van der Waals surface area (Å²) in [5, 5.41) is 6.54. The number of benzene rings is 2. The Hall–Kier alpha value is -2.62. The Bertz CT molecular complexity index is 1140. The highest BCUT2D eigenvalue weighted by atomic mass is 32.2. The molecular weight excluding hydrogens is 463 g/mol. The smallest absolute Gasteiger partial charge is 0.189 e. The van der Waals surface area contributed by atoms with Crippen LogP contribution in [0.4, 0.5) is 21.0 Å². The Kier molecular flexibility index (Phi) is 9.96. The lowest BCUT2D eigenvalue weighted by Crippen LogP contribution is -1.92. The van der Waals surface area contributed by atoms with Crippen molar-refractivity contribution in [1.29, 1.82) is 0 Å².